The third kappa shape index (κ3) is 5.58. The Hall–Kier alpha value is -2.94. The topological polar surface area (TPSA) is 91.4 Å². The van der Waals surface area contributed by atoms with Gasteiger partial charge in [-0.1, -0.05) is 0 Å². The van der Waals surface area contributed by atoms with Gasteiger partial charge in [0.15, 0.2) is 21.3 Å². The molecule has 9 heteroatoms. The maximum atomic E-state index is 13.3. The number of hydrogen-bond acceptors (Lipinski definition) is 7. The number of piperidine rings is 1. The molecule has 2 aromatic carbocycles. The zero-order valence-electron chi connectivity index (χ0n) is 20.2. The summed E-state index contributed by atoms with van der Waals surface area (Å²) in [6.07, 6.45) is 0.738. The van der Waals surface area contributed by atoms with Crippen LogP contribution < -0.4 is 18.9 Å². The molecule has 1 saturated heterocycles. The van der Waals surface area contributed by atoms with Gasteiger partial charge in [0.25, 0.3) is 5.91 Å². The van der Waals surface area contributed by atoms with Gasteiger partial charge in [-0.05, 0) is 70.0 Å². The van der Waals surface area contributed by atoms with Crippen LogP contribution in [0.15, 0.2) is 41.3 Å². The van der Waals surface area contributed by atoms with Crippen molar-refractivity contribution in [3.63, 3.8) is 0 Å². The second-order valence-corrected chi connectivity index (χ2v) is 10.0. The molecule has 0 aromatic heterocycles. The molecule has 1 fully saturated rings. The molecule has 1 amide bonds. The average Bonchev–Trinajstić information content (AvgIpc) is 2.85. The van der Waals surface area contributed by atoms with Gasteiger partial charge in [0.1, 0.15) is 5.75 Å². The number of sulfone groups is 1. The summed E-state index contributed by atoms with van der Waals surface area (Å²) in [5.41, 5.74) is 0.423. The number of ether oxygens (including phenoxy) is 4. The second-order valence-electron chi connectivity index (χ2n) is 7.81. The zero-order valence-corrected chi connectivity index (χ0v) is 21.0. The van der Waals surface area contributed by atoms with Gasteiger partial charge in [0, 0.05) is 18.7 Å². The van der Waals surface area contributed by atoms with Crippen LogP contribution in [0.4, 0.5) is 0 Å². The highest BCUT2D eigenvalue weighted by atomic mass is 32.2. The summed E-state index contributed by atoms with van der Waals surface area (Å²) in [4.78, 5) is 15.2. The van der Waals surface area contributed by atoms with Crippen LogP contribution in [0.2, 0.25) is 0 Å². The van der Waals surface area contributed by atoms with Crippen molar-refractivity contribution in [3.8, 4) is 23.0 Å². The number of likely N-dealkylation sites (tertiary alicyclic amines) is 1. The van der Waals surface area contributed by atoms with E-state index in [9.17, 15) is 13.2 Å². The molecule has 0 bridgehead atoms. The lowest BCUT2D eigenvalue weighted by atomic mass is 10.1. The lowest BCUT2D eigenvalue weighted by Crippen LogP contribution is -2.42. The fraction of sp³-hybridized carbons (Fsp3) is 0.480. The molecule has 0 spiro atoms. The van der Waals surface area contributed by atoms with Crippen LogP contribution in [0.3, 0.4) is 0 Å². The van der Waals surface area contributed by atoms with Crippen molar-refractivity contribution in [2.45, 2.75) is 43.8 Å². The minimum Gasteiger partial charge on any atom is -0.497 e. The standard InChI is InChI=1S/C25H33NO7S/c1-5-31-22-16-18(17-23(32-6-2)24(22)33-7-3)25(27)26-14-12-21(13-15-26)34(28,29)20-10-8-19(30-4)9-11-20/h8-11,16-17,21H,5-7,12-15H2,1-4H3. The number of amides is 1. The lowest BCUT2D eigenvalue weighted by molar-refractivity contribution is 0.0724. The second kappa shape index (κ2) is 11.5. The maximum Gasteiger partial charge on any atom is 0.254 e. The lowest BCUT2D eigenvalue weighted by Gasteiger charge is -2.32. The Labute approximate surface area is 201 Å². The zero-order chi connectivity index (χ0) is 24.7. The van der Waals surface area contributed by atoms with Crippen LogP contribution in [0.25, 0.3) is 0 Å². The highest BCUT2D eigenvalue weighted by molar-refractivity contribution is 7.92. The molecule has 0 saturated carbocycles. The van der Waals surface area contributed by atoms with Gasteiger partial charge in [-0.25, -0.2) is 8.42 Å². The summed E-state index contributed by atoms with van der Waals surface area (Å²) in [5, 5.41) is -0.539. The predicted octanol–water partition coefficient (Wildman–Crippen LogP) is 3.97. The number of rotatable bonds is 10. The Morgan fingerprint density at radius 3 is 1.91 bits per heavy atom. The smallest absolute Gasteiger partial charge is 0.254 e. The van der Waals surface area contributed by atoms with Gasteiger partial charge in [-0.3, -0.25) is 4.79 Å². The Morgan fingerprint density at radius 2 is 1.44 bits per heavy atom. The van der Waals surface area contributed by atoms with Crippen LogP contribution in [0.1, 0.15) is 44.0 Å². The molecule has 0 unspecified atom stereocenters. The Morgan fingerprint density at radius 1 is 0.912 bits per heavy atom. The molecule has 1 aliphatic heterocycles. The summed E-state index contributed by atoms with van der Waals surface area (Å²) < 4.78 is 48.4. The first-order valence-electron chi connectivity index (χ1n) is 11.6. The van der Waals surface area contributed by atoms with Crippen molar-refractivity contribution in [2.24, 2.45) is 0 Å². The first kappa shape index (κ1) is 25.7. The normalized spacial score (nSPS) is 14.5. The van der Waals surface area contributed by atoms with Gasteiger partial charge < -0.3 is 23.8 Å². The van der Waals surface area contributed by atoms with Crippen LogP contribution in [0.5, 0.6) is 23.0 Å². The van der Waals surface area contributed by atoms with E-state index in [1.54, 1.807) is 41.3 Å². The van der Waals surface area contributed by atoms with Crippen molar-refractivity contribution in [1.29, 1.82) is 0 Å². The molecule has 1 heterocycles. The molecular weight excluding hydrogens is 458 g/mol. The van der Waals surface area contributed by atoms with E-state index in [2.05, 4.69) is 0 Å². The van der Waals surface area contributed by atoms with E-state index >= 15 is 0 Å². The molecule has 8 nitrogen and oxygen atoms in total. The molecule has 1 aliphatic rings. The van der Waals surface area contributed by atoms with Crippen LogP contribution in [0, 0.1) is 0 Å². The van der Waals surface area contributed by atoms with E-state index in [-0.39, 0.29) is 10.8 Å². The van der Waals surface area contributed by atoms with Crippen LogP contribution in [-0.2, 0) is 9.84 Å². The van der Waals surface area contributed by atoms with Gasteiger partial charge in [0.2, 0.25) is 5.75 Å². The minimum absolute atomic E-state index is 0.190. The fourth-order valence-corrected chi connectivity index (χ4v) is 5.75. The summed E-state index contributed by atoms with van der Waals surface area (Å²) >= 11 is 0. The molecule has 0 N–H and O–H groups in total. The highest BCUT2D eigenvalue weighted by Gasteiger charge is 2.33. The number of carbonyl (C=O) groups is 1. The summed E-state index contributed by atoms with van der Waals surface area (Å²) in [6.45, 7) is 7.55. The predicted molar refractivity (Wildman–Crippen MR) is 129 cm³/mol. The molecule has 34 heavy (non-hydrogen) atoms. The monoisotopic (exact) mass is 491 g/mol. The van der Waals surface area contributed by atoms with Gasteiger partial charge in [0.05, 0.1) is 37.1 Å². The number of nitrogens with zero attached hydrogens (tertiary/aromatic N) is 1. The highest BCUT2D eigenvalue weighted by Crippen LogP contribution is 2.39. The number of benzene rings is 2. The van der Waals surface area contributed by atoms with Crippen LogP contribution in [-0.4, -0.2) is 64.5 Å². The van der Waals surface area contributed by atoms with Crippen molar-refractivity contribution in [1.82, 2.24) is 4.90 Å². The Balaban J connectivity index is 1.76. The molecule has 0 radical (unpaired) electrons. The van der Waals surface area contributed by atoms with E-state index in [4.69, 9.17) is 18.9 Å². The summed E-state index contributed by atoms with van der Waals surface area (Å²) in [5.74, 6) is 1.80. The van der Waals surface area contributed by atoms with Crippen molar-refractivity contribution in [2.75, 3.05) is 40.0 Å². The molecule has 186 valence electrons. The maximum absolute atomic E-state index is 13.3. The van der Waals surface area contributed by atoms with Crippen molar-refractivity contribution < 1.29 is 32.2 Å². The van der Waals surface area contributed by atoms with E-state index in [0.29, 0.717) is 74.3 Å². The third-order valence-electron chi connectivity index (χ3n) is 5.71. The number of hydrogen-bond donors (Lipinski definition) is 0. The average molecular weight is 492 g/mol. The van der Waals surface area contributed by atoms with E-state index in [1.807, 2.05) is 20.8 Å². The number of methoxy groups -OCH3 is 1. The third-order valence-corrected chi connectivity index (χ3v) is 7.99. The van der Waals surface area contributed by atoms with Gasteiger partial charge in [-0.2, -0.15) is 0 Å². The minimum atomic E-state index is -3.49. The SMILES string of the molecule is CCOc1cc(C(=O)N2CCC(S(=O)(=O)c3ccc(OC)cc3)CC2)cc(OCC)c1OCC. The molecule has 0 aliphatic carbocycles. The summed E-state index contributed by atoms with van der Waals surface area (Å²) in [7, 11) is -1.95. The fourth-order valence-electron chi connectivity index (χ4n) is 4.02. The molecule has 0 atom stereocenters. The van der Waals surface area contributed by atoms with Crippen molar-refractivity contribution in [3.05, 3.63) is 42.0 Å². The quantitative estimate of drug-likeness (QED) is 0.497. The first-order chi connectivity index (χ1) is 16.3. The van der Waals surface area contributed by atoms with E-state index in [1.165, 1.54) is 7.11 Å². The summed E-state index contributed by atoms with van der Waals surface area (Å²) in [6, 6.07) is 9.75. The number of carbonyl (C=O) groups excluding carboxylic acids is 1. The van der Waals surface area contributed by atoms with Crippen molar-refractivity contribution >= 4 is 15.7 Å². The van der Waals surface area contributed by atoms with Gasteiger partial charge in [-0.15, -0.1) is 0 Å². The molecule has 3 rings (SSSR count). The Bertz CT molecular complexity index is 1050. The van der Waals surface area contributed by atoms with Crippen LogP contribution >= 0.6 is 0 Å². The first-order valence-corrected chi connectivity index (χ1v) is 13.1. The Kier molecular flexibility index (Phi) is 8.66. The molecular formula is C25H33NO7S. The van der Waals surface area contributed by atoms with E-state index < -0.39 is 15.1 Å². The molecule has 2 aromatic rings. The van der Waals surface area contributed by atoms with Gasteiger partial charge >= 0.3 is 0 Å². The van der Waals surface area contributed by atoms with E-state index in [0.717, 1.165) is 0 Å². The largest absolute Gasteiger partial charge is 0.497 e.